The Morgan fingerprint density at radius 3 is 2.90 bits per heavy atom. The van der Waals surface area contributed by atoms with Crippen LogP contribution in [0.3, 0.4) is 0 Å². The second-order valence-electron chi connectivity index (χ2n) is 4.69. The van der Waals surface area contributed by atoms with Gasteiger partial charge in [0.05, 0.1) is 13.2 Å². The Hall–Kier alpha value is -2.08. The first-order valence-corrected chi connectivity index (χ1v) is 6.70. The van der Waals surface area contributed by atoms with E-state index in [2.05, 4.69) is 15.3 Å². The van der Waals surface area contributed by atoms with Crippen LogP contribution in [0.5, 0.6) is 5.75 Å². The zero-order valence-corrected chi connectivity index (χ0v) is 11.7. The average molecular weight is 275 g/mol. The smallest absolute Gasteiger partial charge is 0.166 e. The van der Waals surface area contributed by atoms with Crippen molar-refractivity contribution in [2.45, 2.75) is 18.9 Å². The second kappa shape index (κ2) is 6.91. The molecule has 0 saturated carbocycles. The van der Waals surface area contributed by atoms with Crippen molar-refractivity contribution in [2.24, 2.45) is 10.7 Å². The number of nitrogen functional groups attached to an aromatic ring is 1. The van der Waals surface area contributed by atoms with E-state index < -0.39 is 0 Å². The first-order valence-electron chi connectivity index (χ1n) is 6.70. The summed E-state index contributed by atoms with van der Waals surface area (Å²) in [7, 11) is 1.56. The second-order valence-corrected chi connectivity index (χ2v) is 4.69. The minimum Gasteiger partial charge on any atom is -0.493 e. The quantitative estimate of drug-likeness (QED) is 0.706. The Morgan fingerprint density at radius 1 is 1.50 bits per heavy atom. The number of hydrogen-bond acceptors (Lipinski definition) is 6. The predicted molar refractivity (Wildman–Crippen MR) is 81.7 cm³/mol. The van der Waals surface area contributed by atoms with Gasteiger partial charge in [0.25, 0.3) is 0 Å². The highest BCUT2D eigenvalue weighted by Crippen LogP contribution is 2.23. The molecule has 1 aliphatic rings. The highest BCUT2D eigenvalue weighted by Gasteiger charge is 2.11. The van der Waals surface area contributed by atoms with Crippen LogP contribution >= 0.6 is 0 Å². The molecular formula is C14H21N5O. The molecule has 0 bridgehead atoms. The van der Waals surface area contributed by atoms with Crippen LogP contribution in [0.25, 0.3) is 5.57 Å². The normalized spacial score (nSPS) is 17.6. The molecule has 2 heterocycles. The number of nitrogens with two attached hydrogens (primary N) is 2. The molecular weight excluding hydrogens is 254 g/mol. The number of methoxy groups -OCH3 is 1. The maximum Gasteiger partial charge on any atom is 0.166 e. The third kappa shape index (κ3) is 3.48. The fourth-order valence-electron chi connectivity index (χ4n) is 2.13. The molecule has 5 N–H and O–H groups in total. The van der Waals surface area contributed by atoms with Gasteiger partial charge in [0.2, 0.25) is 0 Å². The zero-order chi connectivity index (χ0) is 14.4. The largest absolute Gasteiger partial charge is 0.493 e. The molecule has 2 rings (SSSR count). The number of hydrogen-bond donors (Lipinski definition) is 3. The van der Waals surface area contributed by atoms with Crippen molar-refractivity contribution in [1.82, 2.24) is 10.3 Å². The van der Waals surface area contributed by atoms with Crippen LogP contribution < -0.4 is 21.5 Å². The van der Waals surface area contributed by atoms with E-state index in [4.69, 9.17) is 16.2 Å². The number of piperidine rings is 1. The SMILES string of the molecule is COc1cc(/C(C=NC2CCNCC2)=C/N)cnc1N. The van der Waals surface area contributed by atoms with Crippen molar-refractivity contribution in [3.8, 4) is 5.75 Å². The van der Waals surface area contributed by atoms with E-state index in [0.717, 1.165) is 37.1 Å². The standard InChI is InChI=1S/C14H21N5O/c1-20-13-6-10(8-19-14(13)16)11(7-15)9-18-12-2-4-17-5-3-12/h6-9,12,17H,2-5,15H2,1H3,(H2,16,19)/b11-7+,18-9?. The Bertz CT molecular complexity index is 506. The van der Waals surface area contributed by atoms with Gasteiger partial charge in [-0.15, -0.1) is 0 Å². The van der Waals surface area contributed by atoms with Gasteiger partial charge in [-0.1, -0.05) is 0 Å². The van der Waals surface area contributed by atoms with Crippen LogP contribution in [-0.2, 0) is 0 Å². The fourth-order valence-corrected chi connectivity index (χ4v) is 2.13. The van der Waals surface area contributed by atoms with Crippen LogP contribution in [0.1, 0.15) is 18.4 Å². The molecule has 20 heavy (non-hydrogen) atoms. The molecule has 1 saturated heterocycles. The van der Waals surface area contributed by atoms with Crippen molar-refractivity contribution in [2.75, 3.05) is 25.9 Å². The molecule has 108 valence electrons. The van der Waals surface area contributed by atoms with Crippen LogP contribution in [0.4, 0.5) is 5.82 Å². The summed E-state index contributed by atoms with van der Waals surface area (Å²) in [4.78, 5) is 8.69. The zero-order valence-electron chi connectivity index (χ0n) is 11.7. The Morgan fingerprint density at radius 2 is 2.25 bits per heavy atom. The molecule has 0 radical (unpaired) electrons. The average Bonchev–Trinajstić information content (AvgIpc) is 2.50. The monoisotopic (exact) mass is 275 g/mol. The van der Waals surface area contributed by atoms with E-state index in [0.29, 0.717) is 17.6 Å². The van der Waals surface area contributed by atoms with Crippen molar-refractivity contribution in [1.29, 1.82) is 0 Å². The fraction of sp³-hybridized carbons (Fsp3) is 0.429. The number of rotatable bonds is 4. The molecule has 0 aliphatic carbocycles. The lowest BCUT2D eigenvalue weighted by atomic mass is 10.1. The number of allylic oxidation sites excluding steroid dienone is 1. The van der Waals surface area contributed by atoms with Crippen molar-refractivity contribution in [3.63, 3.8) is 0 Å². The van der Waals surface area contributed by atoms with E-state index >= 15 is 0 Å². The summed E-state index contributed by atoms with van der Waals surface area (Å²) in [5.74, 6) is 0.903. The number of nitrogens with zero attached hydrogens (tertiary/aromatic N) is 2. The van der Waals surface area contributed by atoms with Crippen LogP contribution in [-0.4, -0.2) is 37.4 Å². The predicted octanol–water partition coefficient (Wildman–Crippen LogP) is 0.795. The number of anilines is 1. The summed E-state index contributed by atoms with van der Waals surface area (Å²) in [5.41, 5.74) is 13.0. The van der Waals surface area contributed by atoms with Gasteiger partial charge in [0, 0.05) is 29.7 Å². The van der Waals surface area contributed by atoms with Crippen LogP contribution in [0.15, 0.2) is 23.5 Å². The van der Waals surface area contributed by atoms with Gasteiger partial charge >= 0.3 is 0 Å². The molecule has 6 nitrogen and oxygen atoms in total. The summed E-state index contributed by atoms with van der Waals surface area (Å²) in [5, 5.41) is 3.32. The van der Waals surface area contributed by atoms with E-state index in [1.807, 2.05) is 12.3 Å². The highest BCUT2D eigenvalue weighted by molar-refractivity contribution is 6.09. The summed E-state index contributed by atoms with van der Waals surface area (Å²) in [6, 6.07) is 2.17. The molecule has 0 amide bonds. The minimum absolute atomic E-state index is 0.356. The summed E-state index contributed by atoms with van der Waals surface area (Å²) in [6.07, 6.45) is 7.11. The molecule has 0 unspecified atom stereocenters. The van der Waals surface area contributed by atoms with Crippen LogP contribution in [0, 0.1) is 0 Å². The van der Waals surface area contributed by atoms with Crippen LogP contribution in [0.2, 0.25) is 0 Å². The minimum atomic E-state index is 0.356. The first kappa shape index (κ1) is 14.3. The van der Waals surface area contributed by atoms with Gasteiger partial charge < -0.3 is 21.5 Å². The molecule has 1 aromatic heterocycles. The summed E-state index contributed by atoms with van der Waals surface area (Å²) in [6.45, 7) is 2.03. The first-order chi connectivity index (χ1) is 9.74. The van der Waals surface area contributed by atoms with Crippen molar-refractivity contribution < 1.29 is 4.74 Å². The summed E-state index contributed by atoms with van der Waals surface area (Å²) >= 11 is 0. The van der Waals surface area contributed by atoms with E-state index in [9.17, 15) is 0 Å². The third-order valence-corrected chi connectivity index (χ3v) is 3.35. The number of pyridine rings is 1. The molecule has 6 heteroatoms. The molecule has 1 aromatic rings. The van der Waals surface area contributed by atoms with E-state index in [-0.39, 0.29) is 0 Å². The number of aromatic nitrogens is 1. The third-order valence-electron chi connectivity index (χ3n) is 3.35. The maximum absolute atomic E-state index is 5.71. The lowest BCUT2D eigenvalue weighted by Gasteiger charge is -2.18. The molecule has 0 atom stereocenters. The van der Waals surface area contributed by atoms with Gasteiger partial charge in [0.1, 0.15) is 0 Å². The van der Waals surface area contributed by atoms with Crippen molar-refractivity contribution >= 4 is 17.6 Å². The van der Waals surface area contributed by atoms with Gasteiger partial charge in [-0.25, -0.2) is 4.98 Å². The Kier molecular flexibility index (Phi) is 4.95. The van der Waals surface area contributed by atoms with Gasteiger partial charge in [-0.3, -0.25) is 4.99 Å². The van der Waals surface area contributed by atoms with Gasteiger partial charge in [-0.05, 0) is 32.0 Å². The Balaban J connectivity index is 2.13. The van der Waals surface area contributed by atoms with Gasteiger partial charge in [-0.2, -0.15) is 0 Å². The lowest BCUT2D eigenvalue weighted by molar-refractivity contribution is 0.415. The highest BCUT2D eigenvalue weighted by atomic mass is 16.5. The molecule has 1 fully saturated rings. The molecule has 0 aromatic carbocycles. The van der Waals surface area contributed by atoms with E-state index in [1.165, 1.54) is 6.20 Å². The topological polar surface area (TPSA) is 98.5 Å². The summed E-state index contributed by atoms with van der Waals surface area (Å²) < 4.78 is 5.17. The van der Waals surface area contributed by atoms with E-state index in [1.54, 1.807) is 13.3 Å². The maximum atomic E-state index is 5.71. The van der Waals surface area contributed by atoms with Gasteiger partial charge in [0.15, 0.2) is 11.6 Å². The lowest BCUT2D eigenvalue weighted by Crippen LogP contribution is -2.29. The Labute approximate surface area is 118 Å². The molecule has 1 aliphatic heterocycles. The molecule has 0 spiro atoms. The number of aliphatic imine (C=N–C) groups is 1. The number of nitrogens with one attached hydrogen (secondary N) is 1. The van der Waals surface area contributed by atoms with Crippen molar-refractivity contribution in [3.05, 3.63) is 24.0 Å². The number of ether oxygens (including phenoxy) is 1.